The van der Waals surface area contributed by atoms with Crippen molar-refractivity contribution in [1.29, 1.82) is 0 Å². The molecule has 42 heavy (non-hydrogen) atoms. The van der Waals surface area contributed by atoms with Gasteiger partial charge < -0.3 is 15.4 Å². The van der Waals surface area contributed by atoms with E-state index in [2.05, 4.69) is 9.97 Å². The Morgan fingerprint density at radius 1 is 1.14 bits per heavy atom. The van der Waals surface area contributed by atoms with Crippen molar-refractivity contribution in [2.45, 2.75) is 54.6 Å². The fourth-order valence-corrected chi connectivity index (χ4v) is 5.89. The first-order valence-corrected chi connectivity index (χ1v) is 14.5. The molecule has 16 heteroatoms. The van der Waals surface area contributed by atoms with Crippen molar-refractivity contribution in [2.24, 2.45) is 5.92 Å². The van der Waals surface area contributed by atoms with Gasteiger partial charge >= 0.3 is 0 Å². The second kappa shape index (κ2) is 11.0. The zero-order valence-electron chi connectivity index (χ0n) is 23.8. The number of nitrogens with two attached hydrogens (primary N) is 1. The van der Waals surface area contributed by atoms with Crippen molar-refractivity contribution < 1.29 is 17.9 Å². The molecule has 0 saturated carbocycles. The number of nitrogen functional groups attached to an aromatic ring is 1. The summed E-state index contributed by atoms with van der Waals surface area (Å²) in [6.07, 6.45) is 2.83. The normalized spacial score (nSPS) is 18.1. The quantitative estimate of drug-likeness (QED) is 0.381. The maximum Gasteiger partial charge on any atom is 0.268 e. The van der Waals surface area contributed by atoms with Crippen molar-refractivity contribution in [3.8, 4) is 17.1 Å². The molecule has 0 aliphatic carbocycles. The maximum atomic E-state index is 13.6. The summed E-state index contributed by atoms with van der Waals surface area (Å²) in [6, 6.07) is 9.05. The minimum Gasteiger partial charge on any atom is -0.475 e. The van der Waals surface area contributed by atoms with Crippen LogP contribution in [0.3, 0.4) is 0 Å². The molecule has 0 bridgehead atoms. The topological polar surface area (TPSA) is 140 Å². The highest BCUT2D eigenvalue weighted by atomic mass is 32.2. The van der Waals surface area contributed by atoms with E-state index in [9.17, 15) is 13.2 Å². The van der Waals surface area contributed by atoms with Crippen molar-refractivity contribution >= 4 is 66.8 Å². The highest BCUT2D eigenvalue weighted by Crippen LogP contribution is 2.57. The van der Waals surface area contributed by atoms with Crippen LogP contribution >= 0.6 is 0 Å². The van der Waals surface area contributed by atoms with Crippen LogP contribution in [0.4, 0.5) is 11.6 Å². The number of ether oxygens (including phenoxy) is 1. The van der Waals surface area contributed by atoms with Gasteiger partial charge in [-0.05, 0) is 63.9 Å². The van der Waals surface area contributed by atoms with Crippen molar-refractivity contribution in [1.82, 2.24) is 19.7 Å². The molecular weight excluding hydrogens is 546 g/mol. The van der Waals surface area contributed by atoms with Crippen LogP contribution in [-0.4, -0.2) is 86.7 Å². The first-order valence-electron chi connectivity index (χ1n) is 13.0. The smallest absolute Gasteiger partial charge is 0.268 e. The van der Waals surface area contributed by atoms with Gasteiger partial charge in [-0.3, -0.25) is 4.79 Å². The molecule has 3 aromatic heterocycles. The van der Waals surface area contributed by atoms with Gasteiger partial charge in [0.15, 0.2) is 0 Å². The van der Waals surface area contributed by atoms with E-state index in [0.29, 0.717) is 17.1 Å². The lowest BCUT2D eigenvalue weighted by Crippen LogP contribution is -2.49. The molecule has 3 N–H and O–H groups in total. The van der Waals surface area contributed by atoms with Crippen LogP contribution in [0.5, 0.6) is 5.88 Å². The molecule has 1 amide bonds. The largest absolute Gasteiger partial charge is 0.475 e. The minimum absolute atomic E-state index is 0.00194. The molecule has 3 aromatic rings. The van der Waals surface area contributed by atoms with E-state index in [4.69, 9.17) is 54.7 Å². The van der Waals surface area contributed by atoms with Crippen LogP contribution < -0.4 is 20.1 Å². The van der Waals surface area contributed by atoms with Gasteiger partial charge in [0.1, 0.15) is 16.5 Å². The number of carbonyl (C=O) groups excluding carboxylic acids is 1. The number of pyridine rings is 3. The molecule has 1 unspecified atom stereocenters. The summed E-state index contributed by atoms with van der Waals surface area (Å²) in [7, 11) is 26.9. The van der Waals surface area contributed by atoms with Gasteiger partial charge in [0, 0.05) is 36.1 Å². The summed E-state index contributed by atoms with van der Waals surface area (Å²) in [6.45, 7) is 7.22. The van der Waals surface area contributed by atoms with Crippen LogP contribution in [0.1, 0.15) is 38.1 Å². The van der Waals surface area contributed by atoms with Gasteiger partial charge in [-0.1, -0.05) is 5.21 Å². The summed E-state index contributed by atoms with van der Waals surface area (Å²) < 4.78 is 33.8. The van der Waals surface area contributed by atoms with E-state index in [1.165, 1.54) is 24.4 Å². The molecule has 1 aliphatic rings. The fraction of sp³-hybridized carbons (Fsp3) is 0.385. The molecule has 1 atom stereocenters. The molecule has 4 rings (SSSR count). The minimum atomic E-state index is -4.41. The van der Waals surface area contributed by atoms with Gasteiger partial charge in [-0.15, -0.1) is 5.11 Å². The van der Waals surface area contributed by atoms with E-state index in [1.54, 1.807) is 43.1 Å². The predicted octanol–water partition coefficient (Wildman–Crippen LogP) is 1.27. The molecule has 1 fully saturated rings. The lowest BCUT2D eigenvalue weighted by atomic mass is 9.28. The van der Waals surface area contributed by atoms with Gasteiger partial charge in [0.05, 0.1) is 56.6 Å². The van der Waals surface area contributed by atoms with Gasteiger partial charge in [0.2, 0.25) is 5.88 Å². The first kappa shape index (κ1) is 31.5. The summed E-state index contributed by atoms with van der Waals surface area (Å²) in [5, 5.41) is -3.34. The number of nitrogens with zero attached hydrogens (tertiary/aromatic N) is 4. The molecular formula is C26H27B5N6O4S. The van der Waals surface area contributed by atoms with Gasteiger partial charge in [-0.25, -0.2) is 28.1 Å². The third-order valence-corrected chi connectivity index (χ3v) is 8.74. The number of nitrogens with one attached hydrogen (secondary N) is 1. The van der Waals surface area contributed by atoms with Crippen LogP contribution in [0.25, 0.3) is 11.3 Å². The molecule has 1 saturated heterocycles. The molecule has 10 nitrogen and oxygen atoms in total. The first-order chi connectivity index (χ1) is 19.4. The Bertz CT molecular complexity index is 1600. The second-order valence-electron chi connectivity index (χ2n) is 11.1. The molecule has 0 spiro atoms. The third-order valence-electron chi connectivity index (χ3n) is 7.36. The Kier molecular flexibility index (Phi) is 8.27. The van der Waals surface area contributed by atoms with E-state index in [0.717, 1.165) is 0 Å². The zero-order chi connectivity index (χ0) is 31.3. The Labute approximate surface area is 253 Å². The van der Waals surface area contributed by atoms with E-state index < -0.39 is 37.7 Å². The predicted molar refractivity (Wildman–Crippen MR) is 166 cm³/mol. The number of sulfonamides is 1. The average Bonchev–Trinajstić information content (AvgIpc) is 3.07. The number of carbonyl (C=O) groups is 1. The van der Waals surface area contributed by atoms with Crippen molar-refractivity contribution in [2.75, 3.05) is 17.2 Å². The Hall–Kier alpha value is -3.41. The Morgan fingerprint density at radius 2 is 1.83 bits per heavy atom. The van der Waals surface area contributed by atoms with Gasteiger partial charge in [-0.2, -0.15) is 0 Å². The number of aromatic nitrogens is 3. The number of anilines is 2. The Balaban J connectivity index is 1.83. The molecule has 0 aromatic carbocycles. The average molecular weight is 574 g/mol. The summed E-state index contributed by atoms with van der Waals surface area (Å²) in [5.41, 5.74) is 5.55. The standard InChI is InChI=1S/C26H27B5N6O4S/c1-14(2)41-20-10-7-15(12-34-20)17-9-8-16(23(38)36-42(39,40)18-6-5-11-33-21(18)32)22(35-17)37-13-19(26(29,30)31)25(27,28)24(37,3)4/h5-12,14,19H,13H2,1-4H3,(H2,32,33)(H,36,38). The van der Waals surface area contributed by atoms with Crippen LogP contribution in [-0.2, 0) is 10.0 Å². The van der Waals surface area contributed by atoms with Gasteiger partial charge in [0.25, 0.3) is 15.9 Å². The van der Waals surface area contributed by atoms with Crippen LogP contribution in [0.2, 0.25) is 10.3 Å². The lowest BCUT2D eigenvalue weighted by molar-refractivity contribution is 0.0981. The number of hydrogen-bond acceptors (Lipinski definition) is 9. The number of hydrogen-bond donors (Lipinski definition) is 2. The second-order valence-corrected chi connectivity index (χ2v) is 12.7. The number of amides is 1. The maximum absolute atomic E-state index is 13.6. The third kappa shape index (κ3) is 5.91. The highest BCUT2D eigenvalue weighted by molar-refractivity contribution is 7.90. The zero-order valence-corrected chi connectivity index (χ0v) is 24.6. The Morgan fingerprint density at radius 3 is 2.38 bits per heavy atom. The SMILES string of the molecule is [B]C([B])([B])C1CN(c2nc(-c3ccc(OC(C)C)nc3)ccc2C(=O)NS(=O)(=O)c2cccnc2N)C(C)(C)C1([B])[B]. The van der Waals surface area contributed by atoms with Crippen LogP contribution in [0, 0.1) is 5.92 Å². The highest BCUT2D eigenvalue weighted by Gasteiger charge is 2.55. The monoisotopic (exact) mass is 574 g/mol. The van der Waals surface area contributed by atoms with Crippen molar-refractivity contribution in [3.05, 3.63) is 54.4 Å². The fourth-order valence-electron chi connectivity index (χ4n) is 4.84. The van der Waals surface area contributed by atoms with Crippen LogP contribution in [0.15, 0.2) is 53.7 Å². The molecule has 10 radical (unpaired) electrons. The molecule has 206 valence electrons. The molecule has 1 aliphatic heterocycles. The summed E-state index contributed by atoms with van der Waals surface area (Å²) in [5.74, 6) is -1.62. The van der Waals surface area contributed by atoms with E-state index >= 15 is 0 Å². The molecule has 4 heterocycles. The van der Waals surface area contributed by atoms with E-state index in [1.807, 2.05) is 18.6 Å². The lowest BCUT2D eigenvalue weighted by Gasteiger charge is -2.47. The van der Waals surface area contributed by atoms with Crippen molar-refractivity contribution in [3.63, 3.8) is 0 Å². The van der Waals surface area contributed by atoms with E-state index in [-0.39, 0.29) is 34.7 Å². The summed E-state index contributed by atoms with van der Waals surface area (Å²) in [4.78, 5) is 27.7. The number of rotatable bonds is 8. The summed E-state index contributed by atoms with van der Waals surface area (Å²) >= 11 is 0.